The van der Waals surface area contributed by atoms with Crippen molar-refractivity contribution in [1.82, 2.24) is 4.98 Å². The summed E-state index contributed by atoms with van der Waals surface area (Å²) in [4.78, 5) is 39.6. The Morgan fingerprint density at radius 3 is 2.54 bits per heavy atom. The molecule has 0 aromatic carbocycles. The normalized spacial score (nSPS) is 12.2. The minimum absolute atomic E-state index is 0.0238. The number of nitrogens with zero attached hydrogens (tertiary/aromatic N) is 1. The molecule has 1 unspecified atom stereocenters. The number of aromatic nitrogens is 1. The van der Waals surface area contributed by atoms with E-state index in [-0.39, 0.29) is 30.7 Å². The van der Waals surface area contributed by atoms with Crippen molar-refractivity contribution in [3.05, 3.63) is 28.5 Å². The van der Waals surface area contributed by atoms with Gasteiger partial charge in [-0.1, -0.05) is 6.42 Å². The van der Waals surface area contributed by atoms with Crippen LogP contribution in [0.1, 0.15) is 49.9 Å². The van der Waals surface area contributed by atoms with Crippen molar-refractivity contribution in [2.45, 2.75) is 45.6 Å². The lowest BCUT2D eigenvalue weighted by atomic mass is 9.89. The highest BCUT2D eigenvalue weighted by molar-refractivity contribution is 9.10. The summed E-state index contributed by atoms with van der Waals surface area (Å²) in [5, 5.41) is 8.68. The van der Waals surface area contributed by atoms with Crippen LogP contribution < -0.4 is 0 Å². The van der Waals surface area contributed by atoms with Crippen molar-refractivity contribution in [2.24, 2.45) is 5.92 Å². The van der Waals surface area contributed by atoms with Gasteiger partial charge in [-0.15, -0.1) is 0 Å². The zero-order valence-corrected chi connectivity index (χ0v) is 15.4. The molecule has 0 aliphatic carbocycles. The minimum Gasteiger partial charge on any atom is -0.481 e. The van der Waals surface area contributed by atoms with Gasteiger partial charge in [0.2, 0.25) is 0 Å². The summed E-state index contributed by atoms with van der Waals surface area (Å²) in [5.41, 5.74) is 0.352. The number of aliphatic carboxylic acids is 1. The molecule has 0 aliphatic rings. The molecule has 1 aromatic heterocycles. The number of halogens is 1. The lowest BCUT2D eigenvalue weighted by Gasteiger charge is -2.16. The minimum atomic E-state index is -0.886. The van der Waals surface area contributed by atoms with Gasteiger partial charge in [-0.05, 0) is 48.7 Å². The Labute approximate surface area is 149 Å². The number of unbranched alkanes of at least 4 members (excludes halogenated alkanes) is 1. The standard InChI is InChI=1S/C17H22BrNO5/c1-11(2)24-10-15(20)14(5-3-4-6-16(21)22)17(23)12-7-13(18)9-19-8-12/h7-9,11,14H,3-6,10H2,1-2H3,(H,21,22). The van der Waals surface area contributed by atoms with Crippen LogP contribution in [0.25, 0.3) is 0 Å². The highest BCUT2D eigenvalue weighted by Crippen LogP contribution is 2.20. The number of hydrogen-bond donors (Lipinski definition) is 1. The number of pyridine rings is 1. The van der Waals surface area contributed by atoms with Crippen molar-refractivity contribution in [2.75, 3.05) is 6.61 Å². The Balaban J connectivity index is 2.80. The van der Waals surface area contributed by atoms with Crippen LogP contribution in [0.2, 0.25) is 0 Å². The Morgan fingerprint density at radius 1 is 1.25 bits per heavy atom. The number of ether oxygens (including phenoxy) is 1. The maximum absolute atomic E-state index is 12.7. The van der Waals surface area contributed by atoms with E-state index < -0.39 is 11.9 Å². The fourth-order valence-electron chi connectivity index (χ4n) is 2.16. The first-order valence-electron chi connectivity index (χ1n) is 7.82. The predicted octanol–water partition coefficient (Wildman–Crippen LogP) is 3.28. The van der Waals surface area contributed by atoms with Gasteiger partial charge in [0.05, 0.1) is 12.0 Å². The lowest BCUT2D eigenvalue weighted by molar-refractivity contribution is -0.137. The molecule has 0 amide bonds. The number of carbonyl (C=O) groups is 3. The third kappa shape index (κ3) is 7.31. The molecular formula is C17H22BrNO5. The molecule has 0 fully saturated rings. The van der Waals surface area contributed by atoms with E-state index in [1.54, 1.807) is 12.3 Å². The van der Waals surface area contributed by atoms with Crippen LogP contribution in [0, 0.1) is 5.92 Å². The van der Waals surface area contributed by atoms with Crippen LogP contribution in [0.3, 0.4) is 0 Å². The first-order valence-corrected chi connectivity index (χ1v) is 8.61. The first-order chi connectivity index (χ1) is 11.3. The Morgan fingerprint density at radius 2 is 1.96 bits per heavy atom. The second-order valence-corrected chi connectivity index (χ2v) is 6.69. The Kier molecular flexibility index (Phi) is 8.78. The quantitative estimate of drug-likeness (QED) is 0.348. The molecule has 1 atom stereocenters. The third-order valence-electron chi connectivity index (χ3n) is 3.39. The highest BCUT2D eigenvalue weighted by atomic mass is 79.9. The lowest BCUT2D eigenvalue weighted by Crippen LogP contribution is -2.29. The monoisotopic (exact) mass is 399 g/mol. The molecular weight excluding hydrogens is 378 g/mol. The fourth-order valence-corrected chi connectivity index (χ4v) is 2.53. The van der Waals surface area contributed by atoms with Crippen molar-refractivity contribution in [1.29, 1.82) is 0 Å². The number of carboxylic acid groups (broad SMARTS) is 1. The molecule has 1 rings (SSSR count). The first kappa shape index (κ1) is 20.4. The van der Waals surface area contributed by atoms with Crippen molar-refractivity contribution in [3.63, 3.8) is 0 Å². The molecule has 0 spiro atoms. The molecule has 1 heterocycles. The second kappa shape index (κ2) is 10.3. The molecule has 1 N–H and O–H groups in total. The number of Topliss-reactive ketones (excluding diaryl/α,β-unsaturated/α-hetero) is 2. The van der Waals surface area contributed by atoms with Crippen molar-refractivity contribution in [3.8, 4) is 0 Å². The number of carboxylic acids is 1. The summed E-state index contributed by atoms with van der Waals surface area (Å²) in [5.74, 6) is -2.32. The number of hydrogen-bond acceptors (Lipinski definition) is 5. The molecule has 0 bridgehead atoms. The Bertz CT molecular complexity index is 588. The molecule has 0 saturated heterocycles. The van der Waals surface area contributed by atoms with E-state index in [9.17, 15) is 14.4 Å². The Hall–Kier alpha value is -1.60. The van der Waals surface area contributed by atoms with Gasteiger partial charge < -0.3 is 9.84 Å². The summed E-state index contributed by atoms with van der Waals surface area (Å²) in [6.07, 6.45) is 4.11. The SMILES string of the molecule is CC(C)OCC(=O)C(CCCCC(=O)O)C(=O)c1cncc(Br)c1. The van der Waals surface area contributed by atoms with Gasteiger partial charge in [-0.2, -0.15) is 0 Å². The van der Waals surface area contributed by atoms with Gasteiger partial charge in [-0.3, -0.25) is 19.4 Å². The van der Waals surface area contributed by atoms with Crippen molar-refractivity contribution < 1.29 is 24.2 Å². The van der Waals surface area contributed by atoms with Crippen LogP contribution in [0.5, 0.6) is 0 Å². The van der Waals surface area contributed by atoms with Gasteiger partial charge in [-0.25, -0.2) is 0 Å². The van der Waals surface area contributed by atoms with Crippen LogP contribution in [0.4, 0.5) is 0 Å². The predicted molar refractivity (Wildman–Crippen MR) is 92.0 cm³/mol. The van der Waals surface area contributed by atoms with Crippen LogP contribution in [0.15, 0.2) is 22.9 Å². The van der Waals surface area contributed by atoms with Crippen LogP contribution >= 0.6 is 15.9 Å². The van der Waals surface area contributed by atoms with E-state index >= 15 is 0 Å². The van der Waals surface area contributed by atoms with Gasteiger partial charge in [0.1, 0.15) is 6.61 Å². The van der Waals surface area contributed by atoms with Crippen LogP contribution in [-0.2, 0) is 14.3 Å². The third-order valence-corrected chi connectivity index (χ3v) is 3.82. The van der Waals surface area contributed by atoms with Crippen LogP contribution in [-0.4, -0.2) is 40.3 Å². The summed E-state index contributed by atoms with van der Waals surface area (Å²) in [6, 6.07) is 1.62. The number of carbonyl (C=O) groups excluding carboxylic acids is 2. The van der Waals surface area contributed by atoms with Gasteiger partial charge in [0.25, 0.3) is 0 Å². The topological polar surface area (TPSA) is 93.6 Å². The summed E-state index contributed by atoms with van der Waals surface area (Å²) < 4.78 is 5.97. The van der Waals surface area contributed by atoms with Gasteiger partial charge >= 0.3 is 5.97 Å². The van der Waals surface area contributed by atoms with E-state index in [4.69, 9.17) is 9.84 Å². The molecule has 6 nitrogen and oxygen atoms in total. The van der Waals surface area contributed by atoms with E-state index in [0.29, 0.717) is 29.3 Å². The largest absolute Gasteiger partial charge is 0.481 e. The summed E-state index contributed by atoms with van der Waals surface area (Å²) in [7, 11) is 0. The number of ketones is 2. The zero-order chi connectivity index (χ0) is 18.1. The summed E-state index contributed by atoms with van der Waals surface area (Å²) in [6.45, 7) is 3.50. The van der Waals surface area contributed by atoms with E-state index in [1.165, 1.54) is 6.20 Å². The molecule has 1 aromatic rings. The maximum atomic E-state index is 12.7. The van der Waals surface area contributed by atoms with E-state index in [2.05, 4.69) is 20.9 Å². The second-order valence-electron chi connectivity index (χ2n) is 5.77. The molecule has 24 heavy (non-hydrogen) atoms. The van der Waals surface area contributed by atoms with E-state index in [1.807, 2.05) is 13.8 Å². The number of rotatable bonds is 11. The molecule has 7 heteroatoms. The molecule has 132 valence electrons. The van der Waals surface area contributed by atoms with Crippen molar-refractivity contribution >= 4 is 33.5 Å². The van der Waals surface area contributed by atoms with Gasteiger partial charge in [0, 0.05) is 28.9 Å². The average molecular weight is 400 g/mol. The maximum Gasteiger partial charge on any atom is 0.303 e. The zero-order valence-electron chi connectivity index (χ0n) is 13.8. The highest BCUT2D eigenvalue weighted by Gasteiger charge is 2.27. The van der Waals surface area contributed by atoms with Gasteiger partial charge in [0.15, 0.2) is 11.6 Å². The molecule has 0 aliphatic heterocycles. The average Bonchev–Trinajstić information content (AvgIpc) is 2.51. The summed E-state index contributed by atoms with van der Waals surface area (Å²) >= 11 is 3.26. The molecule has 0 radical (unpaired) electrons. The fraction of sp³-hybridized carbons (Fsp3) is 0.529. The molecule has 0 saturated carbocycles. The smallest absolute Gasteiger partial charge is 0.303 e. The van der Waals surface area contributed by atoms with E-state index in [0.717, 1.165) is 0 Å².